The normalized spacial score (nSPS) is 28.9. The maximum absolute atomic E-state index is 11.9. The highest BCUT2D eigenvalue weighted by atomic mass is 32.2. The molecule has 0 bridgehead atoms. The summed E-state index contributed by atoms with van der Waals surface area (Å²) < 4.78 is 32.2. The van der Waals surface area contributed by atoms with Crippen LogP contribution in [0.5, 0.6) is 0 Å². The van der Waals surface area contributed by atoms with E-state index in [2.05, 4.69) is 11.8 Å². The van der Waals surface area contributed by atoms with Crippen molar-refractivity contribution in [3.05, 3.63) is 0 Å². The van der Waals surface area contributed by atoms with Crippen LogP contribution in [0.2, 0.25) is 0 Å². The Morgan fingerprint density at radius 1 is 1.33 bits per heavy atom. The maximum atomic E-state index is 11.9. The van der Waals surface area contributed by atoms with Crippen molar-refractivity contribution in [3.8, 4) is 0 Å². The molecule has 0 aromatic rings. The molecule has 2 rings (SSSR count). The van der Waals surface area contributed by atoms with E-state index in [1.54, 1.807) is 11.8 Å². The van der Waals surface area contributed by atoms with E-state index in [-0.39, 0.29) is 0 Å². The number of carbonyl (C=O) groups excluding carboxylic acids is 1. The zero-order chi connectivity index (χ0) is 15.6. The third-order valence-corrected chi connectivity index (χ3v) is 4.76. The molecule has 1 amide bonds. The van der Waals surface area contributed by atoms with Gasteiger partial charge in [-0.2, -0.15) is 8.42 Å². The van der Waals surface area contributed by atoms with Gasteiger partial charge < -0.3 is 9.64 Å². The average molecular weight is 320 g/mol. The van der Waals surface area contributed by atoms with Gasteiger partial charge in [0, 0.05) is 6.54 Å². The number of amides is 1. The molecule has 2 fully saturated rings. The van der Waals surface area contributed by atoms with E-state index < -0.39 is 28.5 Å². The van der Waals surface area contributed by atoms with Gasteiger partial charge in [-0.15, -0.1) is 0 Å². The fourth-order valence-corrected chi connectivity index (χ4v) is 3.40. The SMILES string of the molecule is CCN1CCC(CN2C(=O)OC(OS(C)(=O)=O)C2C)CC1. The quantitative estimate of drug-likeness (QED) is 0.699. The second kappa shape index (κ2) is 6.50. The fraction of sp³-hybridized carbons (Fsp3) is 0.923. The summed E-state index contributed by atoms with van der Waals surface area (Å²) in [6.45, 7) is 7.64. The van der Waals surface area contributed by atoms with Gasteiger partial charge in [-0.1, -0.05) is 6.92 Å². The van der Waals surface area contributed by atoms with Gasteiger partial charge in [0.1, 0.15) is 0 Å². The predicted molar refractivity (Wildman–Crippen MR) is 77.2 cm³/mol. The van der Waals surface area contributed by atoms with Crippen molar-refractivity contribution in [1.29, 1.82) is 0 Å². The first kappa shape index (κ1) is 16.5. The molecule has 2 atom stereocenters. The molecule has 2 heterocycles. The molecule has 2 unspecified atom stereocenters. The maximum Gasteiger partial charge on any atom is 0.412 e. The average Bonchev–Trinajstić information content (AvgIpc) is 2.65. The lowest BCUT2D eigenvalue weighted by Crippen LogP contribution is -2.42. The highest BCUT2D eigenvalue weighted by Gasteiger charge is 2.42. The van der Waals surface area contributed by atoms with Gasteiger partial charge >= 0.3 is 6.09 Å². The van der Waals surface area contributed by atoms with Crippen molar-refractivity contribution >= 4 is 16.2 Å². The van der Waals surface area contributed by atoms with E-state index >= 15 is 0 Å². The Morgan fingerprint density at radius 2 is 1.95 bits per heavy atom. The Bertz CT molecular complexity index is 473. The number of nitrogens with zero attached hydrogens (tertiary/aromatic N) is 2. The zero-order valence-corrected chi connectivity index (χ0v) is 13.6. The number of hydrogen-bond acceptors (Lipinski definition) is 6. The van der Waals surface area contributed by atoms with E-state index in [0.29, 0.717) is 12.5 Å². The minimum absolute atomic E-state index is 0.392. The van der Waals surface area contributed by atoms with Crippen LogP contribution in [-0.4, -0.2) is 69.1 Å². The van der Waals surface area contributed by atoms with Gasteiger partial charge in [-0.05, 0) is 45.3 Å². The summed E-state index contributed by atoms with van der Waals surface area (Å²) in [4.78, 5) is 15.9. The van der Waals surface area contributed by atoms with Crippen molar-refractivity contribution in [2.24, 2.45) is 5.92 Å². The molecule has 2 aliphatic rings. The first-order valence-electron chi connectivity index (χ1n) is 7.38. The second-order valence-electron chi connectivity index (χ2n) is 5.82. The standard InChI is InChI=1S/C13H24N2O5S/c1-4-14-7-5-11(6-8-14)9-15-10(2)12(19-13(15)16)20-21(3,17)18/h10-12H,4-9H2,1-3H3. The van der Waals surface area contributed by atoms with Crippen molar-refractivity contribution in [2.75, 3.05) is 32.4 Å². The van der Waals surface area contributed by atoms with Gasteiger partial charge in [0.05, 0.1) is 12.3 Å². The third-order valence-electron chi connectivity index (χ3n) is 4.22. The highest BCUT2D eigenvalue weighted by molar-refractivity contribution is 7.86. The minimum atomic E-state index is -3.64. The van der Waals surface area contributed by atoms with E-state index in [9.17, 15) is 13.2 Å². The van der Waals surface area contributed by atoms with Crippen LogP contribution in [0.1, 0.15) is 26.7 Å². The molecule has 0 saturated carbocycles. The summed E-state index contributed by atoms with van der Waals surface area (Å²) >= 11 is 0. The van der Waals surface area contributed by atoms with Crippen LogP contribution < -0.4 is 0 Å². The van der Waals surface area contributed by atoms with E-state index in [1.807, 2.05) is 0 Å². The summed E-state index contributed by atoms with van der Waals surface area (Å²) in [6, 6.07) is -0.392. The van der Waals surface area contributed by atoms with E-state index in [1.165, 1.54) is 0 Å². The molecule has 7 nitrogen and oxygen atoms in total. The van der Waals surface area contributed by atoms with Crippen LogP contribution in [0.3, 0.4) is 0 Å². The van der Waals surface area contributed by atoms with Crippen molar-refractivity contribution in [2.45, 2.75) is 39.0 Å². The number of ether oxygens (including phenoxy) is 1. The monoisotopic (exact) mass is 320 g/mol. The smallest absolute Gasteiger partial charge is 0.412 e. The van der Waals surface area contributed by atoms with Crippen LogP contribution in [0.15, 0.2) is 0 Å². The van der Waals surface area contributed by atoms with Gasteiger partial charge in [0.2, 0.25) is 6.29 Å². The second-order valence-corrected chi connectivity index (χ2v) is 7.42. The van der Waals surface area contributed by atoms with Crippen LogP contribution >= 0.6 is 0 Å². The number of rotatable bonds is 5. The fourth-order valence-electron chi connectivity index (χ4n) is 2.86. The van der Waals surface area contributed by atoms with Crippen molar-refractivity contribution in [1.82, 2.24) is 9.80 Å². The van der Waals surface area contributed by atoms with Crippen LogP contribution in [0.25, 0.3) is 0 Å². The molecule has 0 N–H and O–H groups in total. The third kappa shape index (κ3) is 4.31. The Hall–Kier alpha value is -0.860. The molecule has 8 heteroatoms. The molecule has 2 saturated heterocycles. The highest BCUT2D eigenvalue weighted by Crippen LogP contribution is 2.26. The topological polar surface area (TPSA) is 76.2 Å². The molecule has 122 valence electrons. The van der Waals surface area contributed by atoms with Gasteiger partial charge in [0.15, 0.2) is 0 Å². The number of likely N-dealkylation sites (tertiary alicyclic amines) is 1. The Morgan fingerprint density at radius 3 is 2.48 bits per heavy atom. The van der Waals surface area contributed by atoms with Crippen LogP contribution in [-0.2, 0) is 19.0 Å². The lowest BCUT2D eigenvalue weighted by molar-refractivity contribution is -0.00785. The largest absolute Gasteiger partial charge is 0.416 e. The lowest BCUT2D eigenvalue weighted by Gasteiger charge is -2.33. The summed E-state index contributed by atoms with van der Waals surface area (Å²) in [6.07, 6.45) is 1.51. The first-order chi connectivity index (χ1) is 9.80. The van der Waals surface area contributed by atoms with E-state index in [4.69, 9.17) is 8.92 Å². The summed E-state index contributed by atoms with van der Waals surface area (Å²) in [5.74, 6) is 0.430. The molecule has 21 heavy (non-hydrogen) atoms. The number of hydrogen-bond donors (Lipinski definition) is 0. The van der Waals surface area contributed by atoms with Gasteiger partial charge in [-0.25, -0.2) is 8.98 Å². The van der Waals surface area contributed by atoms with Crippen LogP contribution in [0.4, 0.5) is 4.79 Å². The van der Waals surface area contributed by atoms with Gasteiger partial charge in [0.25, 0.3) is 10.1 Å². The molecule has 0 aliphatic carbocycles. The molecule has 0 radical (unpaired) electrons. The summed E-state index contributed by atoms with van der Waals surface area (Å²) in [5, 5.41) is 0. The van der Waals surface area contributed by atoms with Crippen LogP contribution in [0, 0.1) is 5.92 Å². The number of piperidine rings is 1. The number of cyclic esters (lactones) is 1. The van der Waals surface area contributed by atoms with Crippen molar-refractivity contribution in [3.63, 3.8) is 0 Å². The molecule has 0 spiro atoms. The Balaban J connectivity index is 1.90. The first-order valence-corrected chi connectivity index (χ1v) is 9.19. The summed E-state index contributed by atoms with van der Waals surface area (Å²) in [7, 11) is -3.64. The molecule has 0 aromatic carbocycles. The lowest BCUT2D eigenvalue weighted by atomic mass is 9.96. The Kier molecular flexibility index (Phi) is 5.11. The van der Waals surface area contributed by atoms with E-state index in [0.717, 1.165) is 38.7 Å². The molecular formula is C13H24N2O5S. The summed E-state index contributed by atoms with van der Waals surface area (Å²) in [5.41, 5.74) is 0. The molecular weight excluding hydrogens is 296 g/mol. The number of carbonyl (C=O) groups is 1. The zero-order valence-electron chi connectivity index (χ0n) is 12.8. The molecule has 2 aliphatic heterocycles. The van der Waals surface area contributed by atoms with Crippen molar-refractivity contribution < 1.29 is 22.1 Å². The minimum Gasteiger partial charge on any atom is -0.416 e. The van der Waals surface area contributed by atoms with Gasteiger partial charge in [-0.3, -0.25) is 4.90 Å². The molecule has 0 aromatic heterocycles. The predicted octanol–water partition coefficient (Wildman–Crippen LogP) is 0.861. The Labute approximate surface area is 126 Å².